The van der Waals surface area contributed by atoms with Gasteiger partial charge in [-0.25, -0.2) is 0 Å². The van der Waals surface area contributed by atoms with Gasteiger partial charge in [-0.05, 0) is 24.3 Å². The van der Waals surface area contributed by atoms with Gasteiger partial charge in [0, 0.05) is 6.07 Å². The number of rotatable bonds is 3. The molecule has 0 saturated heterocycles. The van der Waals surface area contributed by atoms with E-state index in [9.17, 15) is 18.0 Å². The van der Waals surface area contributed by atoms with Crippen LogP contribution in [0, 0.1) is 11.3 Å². The minimum absolute atomic E-state index is 0.0674. The lowest BCUT2D eigenvalue weighted by molar-refractivity contribution is -0.138. The molecule has 0 amide bonds. The van der Waals surface area contributed by atoms with E-state index in [2.05, 4.69) is 0 Å². The largest absolute Gasteiger partial charge is 0.425 e. The second kappa shape index (κ2) is 5.09. The van der Waals surface area contributed by atoms with Crippen LogP contribution < -0.4 is 4.74 Å². The molecule has 0 bridgehead atoms. The van der Waals surface area contributed by atoms with Crippen LogP contribution in [-0.4, -0.2) is 6.29 Å². The molecule has 0 atom stereocenters. The van der Waals surface area contributed by atoms with Crippen LogP contribution in [0.15, 0.2) is 34.7 Å². The molecule has 1 aromatic carbocycles. The van der Waals surface area contributed by atoms with Crippen LogP contribution >= 0.6 is 0 Å². The van der Waals surface area contributed by atoms with Gasteiger partial charge in [-0.3, -0.25) is 4.79 Å². The summed E-state index contributed by atoms with van der Waals surface area (Å²) >= 11 is 0. The Hall–Kier alpha value is -2.75. The fraction of sp³-hybridized carbons (Fsp3) is 0.0769. The Morgan fingerprint density at radius 3 is 2.55 bits per heavy atom. The summed E-state index contributed by atoms with van der Waals surface area (Å²) in [6.07, 6.45) is -4.28. The summed E-state index contributed by atoms with van der Waals surface area (Å²) in [7, 11) is 0. The van der Waals surface area contributed by atoms with Crippen molar-refractivity contribution in [2.75, 3.05) is 0 Å². The number of nitrogens with zero attached hydrogens (tertiary/aromatic N) is 1. The molecule has 7 heteroatoms. The highest BCUT2D eigenvalue weighted by Crippen LogP contribution is 2.38. The molecule has 0 aliphatic carbocycles. The average molecular weight is 281 g/mol. The Morgan fingerprint density at radius 1 is 1.25 bits per heavy atom. The number of nitriles is 1. The lowest BCUT2D eigenvalue weighted by atomic mass is 10.1. The van der Waals surface area contributed by atoms with Crippen molar-refractivity contribution < 1.29 is 27.1 Å². The molecule has 0 N–H and O–H groups in total. The number of carbonyl (C=O) groups excluding carboxylic acids is 1. The van der Waals surface area contributed by atoms with E-state index in [0.29, 0.717) is 12.4 Å². The fourth-order valence-corrected chi connectivity index (χ4v) is 1.47. The third-order valence-electron chi connectivity index (χ3n) is 2.34. The van der Waals surface area contributed by atoms with E-state index >= 15 is 0 Å². The van der Waals surface area contributed by atoms with Gasteiger partial charge in [0.25, 0.3) is 5.95 Å². The molecule has 0 unspecified atom stereocenters. The second-order valence-electron chi connectivity index (χ2n) is 3.70. The average Bonchev–Trinajstić information content (AvgIpc) is 2.85. The van der Waals surface area contributed by atoms with E-state index in [-0.39, 0.29) is 17.3 Å². The number of halogens is 3. The van der Waals surface area contributed by atoms with E-state index in [4.69, 9.17) is 14.4 Å². The zero-order valence-electron chi connectivity index (χ0n) is 9.77. The molecule has 1 aromatic heterocycles. The van der Waals surface area contributed by atoms with Gasteiger partial charge in [-0.1, -0.05) is 0 Å². The third kappa shape index (κ3) is 2.80. The van der Waals surface area contributed by atoms with Crippen LogP contribution in [0.1, 0.15) is 21.7 Å². The van der Waals surface area contributed by atoms with Gasteiger partial charge in [0.15, 0.2) is 12.0 Å². The molecule has 2 rings (SSSR count). The monoisotopic (exact) mass is 281 g/mol. The summed E-state index contributed by atoms with van der Waals surface area (Å²) in [5, 5.41) is 8.63. The number of aldehydes is 1. The molecule has 0 radical (unpaired) electrons. The zero-order valence-corrected chi connectivity index (χ0v) is 9.77. The summed E-state index contributed by atoms with van der Waals surface area (Å²) in [6.45, 7) is 0. The number of benzene rings is 1. The Balaban J connectivity index is 2.40. The topological polar surface area (TPSA) is 63.2 Å². The summed E-state index contributed by atoms with van der Waals surface area (Å²) in [5.74, 6) is -0.826. The van der Waals surface area contributed by atoms with Crippen LogP contribution in [-0.2, 0) is 6.18 Å². The predicted molar refractivity (Wildman–Crippen MR) is 60.3 cm³/mol. The van der Waals surface area contributed by atoms with Crippen molar-refractivity contribution >= 4 is 6.29 Å². The van der Waals surface area contributed by atoms with Crippen LogP contribution in [0.4, 0.5) is 13.2 Å². The maximum absolute atomic E-state index is 12.9. The van der Waals surface area contributed by atoms with Gasteiger partial charge in [0.05, 0.1) is 17.2 Å². The summed E-state index contributed by atoms with van der Waals surface area (Å²) < 4.78 is 48.4. The molecule has 0 saturated carbocycles. The molecule has 0 aliphatic heterocycles. The molecule has 102 valence electrons. The normalized spacial score (nSPS) is 10.9. The van der Waals surface area contributed by atoms with Crippen LogP contribution in [0.3, 0.4) is 0 Å². The smallest absolute Gasteiger partial charge is 0.420 e. The molecule has 0 spiro atoms. The van der Waals surface area contributed by atoms with E-state index in [1.165, 1.54) is 18.2 Å². The van der Waals surface area contributed by atoms with Crippen molar-refractivity contribution in [1.82, 2.24) is 0 Å². The van der Waals surface area contributed by atoms with Gasteiger partial charge in [-0.2, -0.15) is 18.4 Å². The first kappa shape index (κ1) is 13.7. The van der Waals surface area contributed by atoms with Crippen LogP contribution in [0.25, 0.3) is 0 Å². The Labute approximate surface area is 111 Å². The van der Waals surface area contributed by atoms with E-state index < -0.39 is 17.5 Å². The Kier molecular flexibility index (Phi) is 3.48. The highest BCUT2D eigenvalue weighted by atomic mass is 19.4. The quantitative estimate of drug-likeness (QED) is 0.803. The van der Waals surface area contributed by atoms with E-state index in [1.54, 1.807) is 6.07 Å². The van der Waals surface area contributed by atoms with Crippen molar-refractivity contribution in [1.29, 1.82) is 5.26 Å². The molecular formula is C13H6F3NO3. The van der Waals surface area contributed by atoms with Crippen LogP contribution in [0.5, 0.6) is 11.7 Å². The van der Waals surface area contributed by atoms with Crippen LogP contribution in [0.2, 0.25) is 0 Å². The molecule has 1 heterocycles. The first-order valence-electron chi connectivity index (χ1n) is 5.28. The van der Waals surface area contributed by atoms with Crippen molar-refractivity contribution in [2.24, 2.45) is 0 Å². The minimum atomic E-state index is -4.68. The number of ether oxygens (including phenoxy) is 1. The highest BCUT2D eigenvalue weighted by molar-refractivity contribution is 5.70. The fourth-order valence-electron chi connectivity index (χ4n) is 1.47. The maximum atomic E-state index is 12.9. The van der Waals surface area contributed by atoms with Gasteiger partial charge < -0.3 is 9.15 Å². The SMILES string of the molecule is N#Cc1ccc(Oc2ccc(C=O)o2)c(C(F)(F)F)c1. The lowest BCUT2D eigenvalue weighted by Crippen LogP contribution is -2.07. The molecule has 0 fully saturated rings. The van der Waals surface area contributed by atoms with Gasteiger partial charge in [0.2, 0.25) is 0 Å². The predicted octanol–water partition coefficient (Wildman–Crippen LogP) is 3.77. The van der Waals surface area contributed by atoms with Crippen molar-refractivity contribution in [3.63, 3.8) is 0 Å². The molecule has 4 nitrogen and oxygen atoms in total. The third-order valence-corrected chi connectivity index (χ3v) is 2.34. The Bertz CT molecular complexity index is 683. The highest BCUT2D eigenvalue weighted by Gasteiger charge is 2.35. The standard InChI is InChI=1S/C13H6F3NO3/c14-13(15,16)10-5-8(6-17)1-3-11(10)20-12-4-2-9(7-18)19-12/h1-5,7H. The molecule has 20 heavy (non-hydrogen) atoms. The summed E-state index contributed by atoms with van der Waals surface area (Å²) in [5.41, 5.74) is -1.24. The number of hydrogen-bond donors (Lipinski definition) is 0. The first-order chi connectivity index (χ1) is 9.44. The first-order valence-corrected chi connectivity index (χ1v) is 5.28. The zero-order chi connectivity index (χ0) is 14.8. The summed E-state index contributed by atoms with van der Waals surface area (Å²) in [4.78, 5) is 10.4. The number of alkyl halides is 3. The molecule has 0 aliphatic rings. The number of hydrogen-bond acceptors (Lipinski definition) is 4. The lowest BCUT2D eigenvalue weighted by Gasteiger charge is -2.12. The minimum Gasteiger partial charge on any atom is -0.425 e. The van der Waals surface area contributed by atoms with Gasteiger partial charge in [0.1, 0.15) is 5.75 Å². The van der Waals surface area contributed by atoms with Gasteiger partial charge >= 0.3 is 6.18 Å². The van der Waals surface area contributed by atoms with Crippen molar-refractivity contribution in [2.45, 2.75) is 6.18 Å². The van der Waals surface area contributed by atoms with E-state index in [1.807, 2.05) is 0 Å². The summed E-state index contributed by atoms with van der Waals surface area (Å²) in [6, 6.07) is 6.99. The van der Waals surface area contributed by atoms with Crippen molar-refractivity contribution in [3.8, 4) is 17.8 Å². The number of furan rings is 1. The maximum Gasteiger partial charge on any atom is 0.420 e. The van der Waals surface area contributed by atoms with E-state index in [0.717, 1.165) is 6.07 Å². The Morgan fingerprint density at radius 2 is 2.00 bits per heavy atom. The van der Waals surface area contributed by atoms with Gasteiger partial charge in [-0.15, -0.1) is 0 Å². The molecular weight excluding hydrogens is 275 g/mol. The number of carbonyl (C=O) groups is 1. The van der Waals surface area contributed by atoms with Crippen molar-refractivity contribution in [3.05, 3.63) is 47.2 Å². The second-order valence-corrected chi connectivity index (χ2v) is 3.70. The molecule has 2 aromatic rings.